The fraction of sp³-hybridized carbons (Fsp3) is 0.312. The van der Waals surface area contributed by atoms with Crippen LogP contribution in [0.25, 0.3) is 5.70 Å². The largest absolute Gasteiger partial charge is 0.378 e. The van der Waals surface area contributed by atoms with Crippen LogP contribution < -0.4 is 5.73 Å². The summed E-state index contributed by atoms with van der Waals surface area (Å²) in [6, 6.07) is 8.26. The van der Waals surface area contributed by atoms with E-state index in [0.717, 1.165) is 21.4 Å². The number of allylic oxidation sites excluding steroid dienone is 1. The number of halogens is 1. The second kappa shape index (κ2) is 6.13. The zero-order valence-electron chi connectivity index (χ0n) is 13.2. The van der Waals surface area contributed by atoms with Crippen molar-refractivity contribution >= 4 is 38.6 Å². The molecule has 1 aliphatic heterocycles. The number of amidine groups is 1. The molecule has 0 aliphatic carbocycles. The second-order valence-corrected chi connectivity index (χ2v) is 8.36. The Morgan fingerprint density at radius 2 is 1.91 bits per heavy atom. The summed E-state index contributed by atoms with van der Waals surface area (Å²) in [5.41, 5.74) is 9.07. The van der Waals surface area contributed by atoms with Gasteiger partial charge in [-0.05, 0) is 17.7 Å². The highest BCUT2D eigenvalue weighted by Crippen LogP contribution is 2.47. The van der Waals surface area contributed by atoms with Crippen molar-refractivity contribution in [2.45, 2.75) is 26.0 Å². The molecule has 0 bridgehead atoms. The van der Waals surface area contributed by atoms with Gasteiger partial charge in [-0.15, -0.1) is 0 Å². The van der Waals surface area contributed by atoms with Gasteiger partial charge in [-0.1, -0.05) is 60.6 Å². The first-order valence-electron chi connectivity index (χ1n) is 7.22. The first kappa shape index (κ1) is 16.3. The standard InChI is InChI=1S/C16H18BrN5S/c1-16(2,3)14-12(22-9-19-8-20-22)13(23-15(18)21-14)10-4-6-11(17)7-5-10/h4-9,13H,1-3H3,(H2,18,21). The smallest absolute Gasteiger partial charge is 0.159 e. The molecule has 1 aliphatic rings. The zero-order chi connectivity index (χ0) is 16.6. The third-order valence-corrected chi connectivity index (χ3v) is 5.09. The van der Waals surface area contributed by atoms with Crippen LogP contribution in [0.5, 0.6) is 0 Å². The molecule has 0 radical (unpaired) electrons. The van der Waals surface area contributed by atoms with Crippen LogP contribution in [0.15, 0.2) is 52.1 Å². The van der Waals surface area contributed by atoms with Gasteiger partial charge in [-0.3, -0.25) is 0 Å². The fourth-order valence-corrected chi connectivity index (χ4v) is 3.75. The van der Waals surface area contributed by atoms with Crippen molar-refractivity contribution in [2.75, 3.05) is 0 Å². The quantitative estimate of drug-likeness (QED) is 0.837. The molecule has 2 N–H and O–H groups in total. The van der Waals surface area contributed by atoms with Crippen LogP contribution in [0, 0.1) is 5.41 Å². The van der Waals surface area contributed by atoms with Gasteiger partial charge >= 0.3 is 0 Å². The molecule has 1 unspecified atom stereocenters. The minimum absolute atomic E-state index is 0.0246. The summed E-state index contributed by atoms with van der Waals surface area (Å²) in [6.45, 7) is 6.39. The van der Waals surface area contributed by atoms with Crippen LogP contribution in [0.1, 0.15) is 31.6 Å². The summed E-state index contributed by atoms with van der Waals surface area (Å²) in [5.74, 6) is 0. The van der Waals surface area contributed by atoms with Crippen LogP contribution >= 0.6 is 27.7 Å². The van der Waals surface area contributed by atoms with E-state index in [9.17, 15) is 0 Å². The van der Waals surface area contributed by atoms with Gasteiger partial charge in [0.05, 0.1) is 16.6 Å². The number of hydrogen-bond acceptors (Lipinski definition) is 5. The molecule has 1 aromatic carbocycles. The van der Waals surface area contributed by atoms with E-state index in [1.165, 1.54) is 18.1 Å². The maximum absolute atomic E-state index is 6.12. The lowest BCUT2D eigenvalue weighted by molar-refractivity contribution is 0.494. The summed E-state index contributed by atoms with van der Waals surface area (Å²) in [7, 11) is 0. The highest BCUT2D eigenvalue weighted by molar-refractivity contribution is 9.10. The Kier molecular flexibility index (Phi) is 4.33. The summed E-state index contributed by atoms with van der Waals surface area (Å²) in [5, 5.41) is 4.94. The third kappa shape index (κ3) is 3.35. The minimum atomic E-state index is -0.152. The van der Waals surface area contributed by atoms with E-state index in [1.54, 1.807) is 11.0 Å². The maximum atomic E-state index is 6.12. The Morgan fingerprint density at radius 3 is 2.48 bits per heavy atom. The van der Waals surface area contributed by atoms with Crippen LogP contribution in [-0.4, -0.2) is 19.9 Å². The summed E-state index contributed by atoms with van der Waals surface area (Å²) in [6.07, 6.45) is 3.25. The monoisotopic (exact) mass is 391 g/mol. The lowest BCUT2D eigenvalue weighted by Gasteiger charge is -2.31. The zero-order valence-corrected chi connectivity index (χ0v) is 15.6. The molecular weight excluding hydrogens is 374 g/mol. The fourth-order valence-electron chi connectivity index (χ4n) is 2.47. The van der Waals surface area contributed by atoms with Crippen LogP contribution in [0.2, 0.25) is 0 Å². The molecule has 7 heteroatoms. The average molecular weight is 392 g/mol. The summed E-state index contributed by atoms with van der Waals surface area (Å²) < 4.78 is 2.85. The number of benzene rings is 1. The molecule has 2 aromatic rings. The van der Waals surface area contributed by atoms with Crippen molar-refractivity contribution in [3.8, 4) is 0 Å². The Bertz CT molecular complexity index is 757. The van der Waals surface area contributed by atoms with Crippen molar-refractivity contribution in [3.63, 3.8) is 0 Å². The number of rotatable bonds is 2. The number of nitrogens with two attached hydrogens (primary N) is 1. The van der Waals surface area contributed by atoms with Gasteiger partial charge in [-0.2, -0.15) is 5.10 Å². The molecule has 0 spiro atoms. The SMILES string of the molecule is CC(C)(C)C1=C(n2cncn2)C(c2ccc(Br)cc2)SC(N)=N1. The topological polar surface area (TPSA) is 69.1 Å². The van der Waals surface area contributed by atoms with E-state index in [-0.39, 0.29) is 10.7 Å². The van der Waals surface area contributed by atoms with Crippen LogP contribution in [0.3, 0.4) is 0 Å². The normalized spacial score (nSPS) is 19.0. The molecule has 0 amide bonds. The minimum Gasteiger partial charge on any atom is -0.378 e. The van der Waals surface area contributed by atoms with Crippen LogP contribution in [-0.2, 0) is 0 Å². The predicted molar refractivity (Wildman–Crippen MR) is 98.8 cm³/mol. The number of thioether (sulfide) groups is 1. The van der Waals surface area contributed by atoms with E-state index in [2.05, 4.69) is 63.9 Å². The molecule has 5 nitrogen and oxygen atoms in total. The maximum Gasteiger partial charge on any atom is 0.159 e. The van der Waals surface area contributed by atoms with Gasteiger partial charge < -0.3 is 5.73 Å². The second-order valence-electron chi connectivity index (χ2n) is 6.32. The number of aliphatic imine (C=N–C) groups is 1. The van der Waals surface area contributed by atoms with E-state index < -0.39 is 0 Å². The number of nitrogens with zero attached hydrogens (tertiary/aromatic N) is 4. The number of aromatic nitrogens is 3. The molecule has 0 fully saturated rings. The van der Waals surface area contributed by atoms with Gasteiger partial charge in [0.1, 0.15) is 12.7 Å². The molecule has 1 atom stereocenters. The van der Waals surface area contributed by atoms with Crippen molar-refractivity contribution in [3.05, 3.63) is 52.7 Å². The van der Waals surface area contributed by atoms with Gasteiger partial charge in [0.25, 0.3) is 0 Å². The molecule has 23 heavy (non-hydrogen) atoms. The van der Waals surface area contributed by atoms with Gasteiger partial charge in [0.15, 0.2) is 5.17 Å². The molecule has 1 aromatic heterocycles. The highest BCUT2D eigenvalue weighted by atomic mass is 79.9. The summed E-state index contributed by atoms with van der Waals surface area (Å²) >= 11 is 5.02. The van der Waals surface area contributed by atoms with Crippen LogP contribution in [0.4, 0.5) is 0 Å². The van der Waals surface area contributed by atoms with Crippen molar-refractivity contribution < 1.29 is 0 Å². The summed E-state index contributed by atoms with van der Waals surface area (Å²) in [4.78, 5) is 8.72. The van der Waals surface area contributed by atoms with Crippen molar-refractivity contribution in [1.82, 2.24) is 14.8 Å². The Morgan fingerprint density at radius 1 is 1.22 bits per heavy atom. The molecule has 2 heterocycles. The van der Waals surface area contributed by atoms with E-state index in [0.29, 0.717) is 5.17 Å². The van der Waals surface area contributed by atoms with E-state index in [4.69, 9.17) is 5.73 Å². The van der Waals surface area contributed by atoms with E-state index >= 15 is 0 Å². The van der Waals surface area contributed by atoms with Gasteiger partial charge in [-0.25, -0.2) is 14.7 Å². The lowest BCUT2D eigenvalue weighted by atomic mass is 9.89. The lowest BCUT2D eigenvalue weighted by Crippen LogP contribution is -2.24. The molecule has 0 saturated carbocycles. The Labute approximate surface area is 148 Å². The van der Waals surface area contributed by atoms with Gasteiger partial charge in [0, 0.05) is 9.89 Å². The Balaban J connectivity index is 2.20. The number of hydrogen-bond donors (Lipinski definition) is 1. The average Bonchev–Trinajstić information content (AvgIpc) is 3.00. The third-order valence-electron chi connectivity index (χ3n) is 3.50. The van der Waals surface area contributed by atoms with E-state index in [1.807, 2.05) is 12.1 Å². The van der Waals surface area contributed by atoms with Crippen molar-refractivity contribution in [1.29, 1.82) is 0 Å². The first-order valence-corrected chi connectivity index (χ1v) is 8.89. The van der Waals surface area contributed by atoms with Crippen molar-refractivity contribution in [2.24, 2.45) is 16.1 Å². The molecule has 3 rings (SSSR count). The Hall–Kier alpha value is -1.60. The molecule has 0 saturated heterocycles. The molecular formula is C16H18BrN5S. The first-order chi connectivity index (χ1) is 10.9. The van der Waals surface area contributed by atoms with Gasteiger partial charge in [0.2, 0.25) is 0 Å². The molecule has 120 valence electrons. The highest BCUT2D eigenvalue weighted by Gasteiger charge is 2.33. The predicted octanol–water partition coefficient (Wildman–Crippen LogP) is 4.06.